The first-order chi connectivity index (χ1) is 8.00. The van der Waals surface area contributed by atoms with E-state index in [1.165, 1.54) is 11.3 Å². The molecule has 4 heteroatoms. The molecule has 1 heterocycles. The van der Waals surface area contributed by atoms with Gasteiger partial charge in [-0.25, -0.2) is 0 Å². The van der Waals surface area contributed by atoms with Gasteiger partial charge in [0.15, 0.2) is 0 Å². The van der Waals surface area contributed by atoms with E-state index >= 15 is 0 Å². The van der Waals surface area contributed by atoms with Crippen molar-refractivity contribution in [2.24, 2.45) is 0 Å². The highest BCUT2D eigenvalue weighted by Gasteiger charge is 2.17. The SMILES string of the molecule is Cc1cc(C(=O)c2sccc2Br)c(C)cc1Cl. The Morgan fingerprint density at radius 3 is 2.59 bits per heavy atom. The van der Waals surface area contributed by atoms with Crippen LogP contribution < -0.4 is 0 Å². The van der Waals surface area contributed by atoms with Gasteiger partial charge in [0, 0.05) is 15.1 Å². The Morgan fingerprint density at radius 2 is 2.00 bits per heavy atom. The van der Waals surface area contributed by atoms with Gasteiger partial charge in [0.25, 0.3) is 0 Å². The Labute approximate surface area is 118 Å². The predicted octanol–water partition coefficient (Wildman–Crippen LogP) is 5.01. The zero-order valence-corrected chi connectivity index (χ0v) is 12.5. The Balaban J connectivity index is 2.52. The van der Waals surface area contributed by atoms with Crippen LogP contribution in [0.1, 0.15) is 26.4 Å². The van der Waals surface area contributed by atoms with Crippen LogP contribution in [-0.2, 0) is 0 Å². The van der Waals surface area contributed by atoms with Gasteiger partial charge in [0.05, 0.1) is 4.88 Å². The Kier molecular flexibility index (Phi) is 3.71. The lowest BCUT2D eigenvalue weighted by Crippen LogP contribution is -2.03. The van der Waals surface area contributed by atoms with E-state index in [1.807, 2.05) is 37.4 Å². The second-order valence-corrected chi connectivity index (χ2v) is 6.02. The molecule has 0 unspecified atom stereocenters. The molecule has 0 N–H and O–H groups in total. The van der Waals surface area contributed by atoms with Crippen LogP contribution in [0.5, 0.6) is 0 Å². The lowest BCUT2D eigenvalue weighted by Gasteiger charge is -2.07. The molecule has 0 aliphatic rings. The van der Waals surface area contributed by atoms with Crippen LogP contribution in [0.3, 0.4) is 0 Å². The van der Waals surface area contributed by atoms with Crippen LogP contribution in [-0.4, -0.2) is 5.78 Å². The average Bonchev–Trinajstić information content (AvgIpc) is 2.69. The third kappa shape index (κ3) is 2.46. The minimum absolute atomic E-state index is 0.0455. The lowest BCUT2D eigenvalue weighted by molar-refractivity contribution is 0.104. The van der Waals surface area contributed by atoms with Gasteiger partial charge in [-0.2, -0.15) is 0 Å². The summed E-state index contributed by atoms with van der Waals surface area (Å²) in [6.45, 7) is 3.81. The third-order valence-electron chi connectivity index (χ3n) is 2.57. The number of carbonyl (C=O) groups is 1. The molecule has 0 aliphatic carbocycles. The maximum Gasteiger partial charge on any atom is 0.204 e. The molecule has 17 heavy (non-hydrogen) atoms. The van der Waals surface area contributed by atoms with Crippen molar-refractivity contribution in [1.82, 2.24) is 0 Å². The summed E-state index contributed by atoms with van der Waals surface area (Å²) >= 11 is 10.9. The van der Waals surface area contributed by atoms with Gasteiger partial charge in [-0.3, -0.25) is 4.79 Å². The van der Waals surface area contributed by atoms with Crippen molar-refractivity contribution >= 4 is 44.7 Å². The highest BCUT2D eigenvalue weighted by molar-refractivity contribution is 9.10. The molecule has 0 amide bonds. The normalized spacial score (nSPS) is 10.6. The predicted molar refractivity (Wildman–Crippen MR) is 76.4 cm³/mol. The molecule has 0 bridgehead atoms. The molecule has 1 aromatic heterocycles. The second-order valence-electron chi connectivity index (χ2n) is 3.84. The van der Waals surface area contributed by atoms with Crippen molar-refractivity contribution in [1.29, 1.82) is 0 Å². The van der Waals surface area contributed by atoms with E-state index in [0.717, 1.165) is 26.0 Å². The van der Waals surface area contributed by atoms with Crippen molar-refractivity contribution in [3.63, 3.8) is 0 Å². The number of hydrogen-bond acceptors (Lipinski definition) is 2. The Morgan fingerprint density at radius 1 is 1.29 bits per heavy atom. The second kappa shape index (κ2) is 4.92. The van der Waals surface area contributed by atoms with Gasteiger partial charge in [-0.05, 0) is 64.5 Å². The molecule has 0 aliphatic heterocycles. The van der Waals surface area contributed by atoms with Gasteiger partial charge < -0.3 is 0 Å². The number of thiophene rings is 1. The number of halogens is 2. The summed E-state index contributed by atoms with van der Waals surface area (Å²) in [6, 6.07) is 5.58. The van der Waals surface area contributed by atoms with Crippen LogP contribution >= 0.6 is 38.9 Å². The zero-order chi connectivity index (χ0) is 12.6. The average molecular weight is 330 g/mol. The maximum absolute atomic E-state index is 12.3. The number of ketones is 1. The summed E-state index contributed by atoms with van der Waals surface area (Å²) in [7, 11) is 0. The van der Waals surface area contributed by atoms with Crippen molar-refractivity contribution in [3.8, 4) is 0 Å². The summed E-state index contributed by atoms with van der Waals surface area (Å²) in [5.74, 6) is 0.0455. The summed E-state index contributed by atoms with van der Waals surface area (Å²) in [5, 5.41) is 2.60. The van der Waals surface area contributed by atoms with Crippen molar-refractivity contribution < 1.29 is 4.79 Å². The van der Waals surface area contributed by atoms with Crippen molar-refractivity contribution in [3.05, 3.63) is 54.6 Å². The number of carbonyl (C=O) groups excluding carboxylic acids is 1. The number of benzene rings is 1. The molecule has 0 saturated carbocycles. The maximum atomic E-state index is 12.3. The van der Waals surface area contributed by atoms with E-state index in [2.05, 4.69) is 15.9 Å². The van der Waals surface area contributed by atoms with Gasteiger partial charge >= 0.3 is 0 Å². The molecule has 1 nitrogen and oxygen atoms in total. The minimum Gasteiger partial charge on any atom is -0.288 e. The van der Waals surface area contributed by atoms with Crippen LogP contribution in [0.25, 0.3) is 0 Å². The highest BCUT2D eigenvalue weighted by Crippen LogP contribution is 2.28. The molecule has 0 saturated heterocycles. The van der Waals surface area contributed by atoms with Gasteiger partial charge in [0.1, 0.15) is 0 Å². The summed E-state index contributed by atoms with van der Waals surface area (Å²) in [5.41, 5.74) is 2.55. The fourth-order valence-corrected chi connectivity index (χ4v) is 3.33. The van der Waals surface area contributed by atoms with Crippen LogP contribution in [0, 0.1) is 13.8 Å². The fourth-order valence-electron chi connectivity index (χ4n) is 1.60. The molecule has 0 radical (unpaired) electrons. The first-order valence-electron chi connectivity index (χ1n) is 5.05. The first-order valence-corrected chi connectivity index (χ1v) is 7.10. The van der Waals surface area contributed by atoms with Gasteiger partial charge in [-0.1, -0.05) is 11.6 Å². The topological polar surface area (TPSA) is 17.1 Å². The first kappa shape index (κ1) is 12.8. The van der Waals surface area contributed by atoms with Crippen LogP contribution in [0.2, 0.25) is 5.02 Å². The number of aryl methyl sites for hydroxylation is 2. The van der Waals surface area contributed by atoms with E-state index < -0.39 is 0 Å². The molecule has 0 atom stereocenters. The fraction of sp³-hybridized carbons (Fsp3) is 0.154. The largest absolute Gasteiger partial charge is 0.288 e. The Bertz CT molecular complexity index is 589. The van der Waals surface area contributed by atoms with Crippen LogP contribution in [0.15, 0.2) is 28.1 Å². The standard InChI is InChI=1S/C13H10BrClOS/c1-7-6-11(15)8(2)5-9(7)12(16)13-10(14)3-4-17-13/h3-6H,1-2H3. The molecule has 1 aromatic carbocycles. The van der Waals surface area contributed by atoms with Gasteiger partial charge in [-0.15, -0.1) is 11.3 Å². The third-order valence-corrected chi connectivity index (χ3v) is 4.82. The highest BCUT2D eigenvalue weighted by atomic mass is 79.9. The Hall–Kier alpha value is -0.640. The summed E-state index contributed by atoms with van der Waals surface area (Å²) in [6.07, 6.45) is 0. The van der Waals surface area contributed by atoms with Gasteiger partial charge in [0.2, 0.25) is 5.78 Å². The van der Waals surface area contributed by atoms with E-state index in [1.54, 1.807) is 0 Å². The lowest BCUT2D eigenvalue weighted by atomic mass is 10.0. The molecular weight excluding hydrogens is 320 g/mol. The molecule has 2 aromatic rings. The summed E-state index contributed by atoms with van der Waals surface area (Å²) < 4.78 is 0.847. The van der Waals surface area contributed by atoms with E-state index in [9.17, 15) is 4.79 Å². The zero-order valence-electron chi connectivity index (χ0n) is 9.38. The molecule has 0 fully saturated rings. The quantitative estimate of drug-likeness (QED) is 0.708. The van der Waals surface area contributed by atoms with E-state index in [-0.39, 0.29) is 5.78 Å². The minimum atomic E-state index is 0.0455. The van der Waals surface area contributed by atoms with Crippen LogP contribution in [0.4, 0.5) is 0 Å². The van der Waals surface area contributed by atoms with Crippen molar-refractivity contribution in [2.75, 3.05) is 0 Å². The summed E-state index contributed by atoms with van der Waals surface area (Å²) in [4.78, 5) is 13.1. The molecular formula is C13H10BrClOS. The molecule has 2 rings (SSSR count). The number of hydrogen-bond donors (Lipinski definition) is 0. The van der Waals surface area contributed by atoms with Crippen molar-refractivity contribution in [2.45, 2.75) is 13.8 Å². The molecule has 88 valence electrons. The number of rotatable bonds is 2. The van der Waals surface area contributed by atoms with E-state index in [4.69, 9.17) is 11.6 Å². The monoisotopic (exact) mass is 328 g/mol. The van der Waals surface area contributed by atoms with E-state index in [0.29, 0.717) is 5.02 Å². The smallest absolute Gasteiger partial charge is 0.204 e. The molecule has 0 spiro atoms.